The normalized spacial score (nSPS) is 15.8. The monoisotopic (exact) mass is 435 g/mol. The summed E-state index contributed by atoms with van der Waals surface area (Å²) in [5, 5.41) is 0. The predicted molar refractivity (Wildman–Crippen MR) is 117 cm³/mol. The summed E-state index contributed by atoms with van der Waals surface area (Å²) >= 11 is 3.62. The van der Waals surface area contributed by atoms with E-state index in [-0.39, 0.29) is 6.04 Å². The second kappa shape index (κ2) is 8.17. The number of ether oxygens (including phenoxy) is 1. The molecule has 142 valence electrons. The number of methoxy groups -OCH3 is 1. The van der Waals surface area contributed by atoms with E-state index in [1.54, 1.807) is 7.11 Å². The van der Waals surface area contributed by atoms with Gasteiger partial charge >= 0.3 is 0 Å². The molecule has 28 heavy (non-hydrogen) atoms. The van der Waals surface area contributed by atoms with Crippen molar-refractivity contribution < 1.29 is 4.74 Å². The summed E-state index contributed by atoms with van der Waals surface area (Å²) in [5.41, 5.74) is 10.4. The standard InChI is InChI=1S/C23H22BrN3O/c1-28-19-10-7-17(8-11-19)23-26-21-12-9-18(24)15-20(21)22(27(23)14-13-25)16-5-3-2-4-6-16/h2-12,15,22H,13-14,25H2,1H3. The summed E-state index contributed by atoms with van der Waals surface area (Å²) in [7, 11) is 1.67. The zero-order valence-corrected chi connectivity index (χ0v) is 17.3. The number of hydrogen-bond acceptors (Lipinski definition) is 4. The number of nitrogens with two attached hydrogens (primary N) is 1. The Bertz CT molecular complexity index is 986. The highest BCUT2D eigenvalue weighted by atomic mass is 79.9. The second-order valence-electron chi connectivity index (χ2n) is 6.66. The summed E-state index contributed by atoms with van der Waals surface area (Å²) in [6.45, 7) is 1.25. The highest BCUT2D eigenvalue weighted by Gasteiger charge is 2.31. The fourth-order valence-electron chi connectivity index (χ4n) is 3.65. The van der Waals surface area contributed by atoms with Crippen molar-refractivity contribution in [1.29, 1.82) is 0 Å². The van der Waals surface area contributed by atoms with E-state index in [9.17, 15) is 0 Å². The van der Waals surface area contributed by atoms with Crippen LogP contribution in [0.2, 0.25) is 0 Å². The molecule has 0 saturated carbocycles. The number of benzene rings is 3. The van der Waals surface area contributed by atoms with Gasteiger partial charge in [0.2, 0.25) is 0 Å². The summed E-state index contributed by atoms with van der Waals surface area (Å²) in [5.74, 6) is 1.76. The van der Waals surface area contributed by atoms with Crippen molar-refractivity contribution in [3.8, 4) is 5.75 Å². The first kappa shape index (κ1) is 18.7. The third-order valence-corrected chi connectivity index (χ3v) is 5.42. The lowest BCUT2D eigenvalue weighted by molar-refractivity contribution is 0.360. The molecule has 0 bridgehead atoms. The van der Waals surface area contributed by atoms with Gasteiger partial charge in [0.15, 0.2) is 0 Å². The predicted octanol–water partition coefficient (Wildman–Crippen LogP) is 4.90. The average molecular weight is 436 g/mol. The zero-order valence-electron chi connectivity index (χ0n) is 15.7. The van der Waals surface area contributed by atoms with E-state index >= 15 is 0 Å². The molecule has 1 unspecified atom stereocenters. The maximum Gasteiger partial charge on any atom is 0.137 e. The molecule has 3 aromatic carbocycles. The first-order valence-electron chi connectivity index (χ1n) is 9.25. The van der Waals surface area contributed by atoms with Crippen LogP contribution in [-0.2, 0) is 0 Å². The molecular weight excluding hydrogens is 414 g/mol. The van der Waals surface area contributed by atoms with Crippen molar-refractivity contribution in [3.05, 3.63) is 94.0 Å². The molecule has 5 heteroatoms. The van der Waals surface area contributed by atoms with Crippen LogP contribution in [0.25, 0.3) is 0 Å². The second-order valence-corrected chi connectivity index (χ2v) is 7.58. The number of hydrogen-bond donors (Lipinski definition) is 1. The van der Waals surface area contributed by atoms with Crippen molar-refractivity contribution in [1.82, 2.24) is 4.90 Å². The molecular formula is C23H22BrN3O. The van der Waals surface area contributed by atoms with Gasteiger partial charge in [-0.25, -0.2) is 4.99 Å². The molecule has 1 heterocycles. The SMILES string of the molecule is COc1ccc(C2=Nc3ccc(Br)cc3C(c3ccccc3)N2CCN)cc1. The highest BCUT2D eigenvalue weighted by molar-refractivity contribution is 9.10. The van der Waals surface area contributed by atoms with Crippen LogP contribution in [-0.4, -0.2) is 30.9 Å². The number of nitrogens with zero attached hydrogens (tertiary/aromatic N) is 2. The quantitative estimate of drug-likeness (QED) is 0.619. The van der Waals surface area contributed by atoms with Gasteiger partial charge in [0.05, 0.1) is 18.8 Å². The van der Waals surface area contributed by atoms with Crippen molar-refractivity contribution >= 4 is 27.5 Å². The summed E-state index contributed by atoms with van der Waals surface area (Å²) in [6.07, 6.45) is 0. The summed E-state index contributed by atoms with van der Waals surface area (Å²) in [4.78, 5) is 7.31. The largest absolute Gasteiger partial charge is 0.497 e. The molecule has 4 nitrogen and oxygen atoms in total. The van der Waals surface area contributed by atoms with Crippen LogP contribution in [0.5, 0.6) is 5.75 Å². The molecule has 0 radical (unpaired) electrons. The Labute approximate surface area is 173 Å². The average Bonchev–Trinajstić information content (AvgIpc) is 2.74. The van der Waals surface area contributed by atoms with Crippen LogP contribution >= 0.6 is 15.9 Å². The lowest BCUT2D eigenvalue weighted by Gasteiger charge is -2.39. The van der Waals surface area contributed by atoms with Gasteiger partial charge in [0.25, 0.3) is 0 Å². The van der Waals surface area contributed by atoms with Crippen molar-refractivity contribution in [2.24, 2.45) is 10.7 Å². The van der Waals surface area contributed by atoms with Crippen molar-refractivity contribution in [2.45, 2.75) is 6.04 Å². The Morgan fingerprint density at radius 2 is 1.79 bits per heavy atom. The zero-order chi connectivity index (χ0) is 19.5. The lowest BCUT2D eigenvalue weighted by atomic mass is 9.93. The number of halogens is 1. The van der Waals surface area contributed by atoms with E-state index < -0.39 is 0 Å². The molecule has 3 aromatic rings. The molecule has 0 fully saturated rings. The maximum absolute atomic E-state index is 6.01. The maximum atomic E-state index is 6.01. The van der Waals surface area contributed by atoms with Gasteiger partial charge in [-0.3, -0.25) is 0 Å². The highest BCUT2D eigenvalue weighted by Crippen LogP contribution is 2.41. The Kier molecular flexibility index (Phi) is 5.46. The summed E-state index contributed by atoms with van der Waals surface area (Å²) in [6, 6.07) is 24.9. The van der Waals surface area contributed by atoms with Gasteiger partial charge in [0, 0.05) is 28.7 Å². The van der Waals surface area contributed by atoms with Crippen LogP contribution in [0.3, 0.4) is 0 Å². The van der Waals surface area contributed by atoms with E-state index in [4.69, 9.17) is 15.5 Å². The van der Waals surface area contributed by atoms with Crippen molar-refractivity contribution in [3.63, 3.8) is 0 Å². The number of fused-ring (bicyclic) bond motifs is 1. The van der Waals surface area contributed by atoms with E-state index in [1.165, 1.54) is 11.1 Å². The molecule has 0 saturated heterocycles. The first-order valence-corrected chi connectivity index (χ1v) is 10.0. The Morgan fingerprint density at radius 3 is 2.46 bits per heavy atom. The number of amidine groups is 1. The molecule has 1 aliphatic rings. The van der Waals surface area contributed by atoms with Gasteiger partial charge in [-0.05, 0) is 48.0 Å². The van der Waals surface area contributed by atoms with E-state index in [1.807, 2.05) is 36.4 Å². The number of rotatable bonds is 5. The van der Waals surface area contributed by atoms with E-state index in [2.05, 4.69) is 57.2 Å². The van der Waals surface area contributed by atoms with Crippen LogP contribution in [0, 0.1) is 0 Å². The van der Waals surface area contributed by atoms with E-state index in [0.29, 0.717) is 13.1 Å². The van der Waals surface area contributed by atoms with Gasteiger partial charge in [-0.15, -0.1) is 0 Å². The minimum atomic E-state index is 0.0480. The first-order chi connectivity index (χ1) is 13.7. The molecule has 0 amide bonds. The number of aliphatic imine (C=N–C) groups is 1. The summed E-state index contributed by atoms with van der Waals surface area (Å²) < 4.78 is 6.36. The molecule has 0 aliphatic carbocycles. The van der Waals surface area contributed by atoms with E-state index in [0.717, 1.165) is 27.3 Å². The van der Waals surface area contributed by atoms with Crippen LogP contribution in [0.15, 0.2) is 82.3 Å². The molecule has 2 N–H and O–H groups in total. The minimum Gasteiger partial charge on any atom is -0.497 e. The smallest absolute Gasteiger partial charge is 0.137 e. The molecule has 0 spiro atoms. The Morgan fingerprint density at radius 1 is 1.04 bits per heavy atom. The molecule has 4 rings (SSSR count). The van der Waals surface area contributed by atoms with Crippen LogP contribution in [0.4, 0.5) is 5.69 Å². The van der Waals surface area contributed by atoms with Gasteiger partial charge in [0.1, 0.15) is 11.6 Å². The topological polar surface area (TPSA) is 50.8 Å². The minimum absolute atomic E-state index is 0.0480. The molecule has 0 aromatic heterocycles. The third-order valence-electron chi connectivity index (χ3n) is 4.93. The van der Waals surface area contributed by atoms with Gasteiger partial charge < -0.3 is 15.4 Å². The van der Waals surface area contributed by atoms with Gasteiger partial charge in [-0.2, -0.15) is 0 Å². The molecule has 1 aliphatic heterocycles. The van der Waals surface area contributed by atoms with Gasteiger partial charge in [-0.1, -0.05) is 46.3 Å². The lowest BCUT2D eigenvalue weighted by Crippen LogP contribution is -2.41. The third kappa shape index (κ3) is 3.55. The van der Waals surface area contributed by atoms with Crippen molar-refractivity contribution in [2.75, 3.05) is 20.2 Å². The Hall–Kier alpha value is -2.63. The fourth-order valence-corrected chi connectivity index (χ4v) is 4.03. The van der Waals surface area contributed by atoms with Crippen LogP contribution in [0.1, 0.15) is 22.7 Å². The molecule has 1 atom stereocenters. The fraction of sp³-hybridized carbons (Fsp3) is 0.174. The Balaban J connectivity index is 1.90. The van der Waals surface area contributed by atoms with Crippen LogP contribution < -0.4 is 10.5 Å².